The molecule has 1 aliphatic rings. The molecule has 0 saturated carbocycles. The van der Waals surface area contributed by atoms with Crippen molar-refractivity contribution in [2.75, 3.05) is 25.1 Å². The predicted octanol–water partition coefficient (Wildman–Crippen LogP) is 1.97. The summed E-state index contributed by atoms with van der Waals surface area (Å²) >= 11 is 5.93. The van der Waals surface area contributed by atoms with E-state index in [0.717, 1.165) is 36.5 Å². The molecule has 0 amide bonds. The molecular weight excluding hydrogens is 226 g/mol. The lowest BCUT2D eigenvalue weighted by molar-refractivity contribution is 0.121. The lowest BCUT2D eigenvalue weighted by Crippen LogP contribution is -2.24. The Balaban J connectivity index is 2.25. The molecule has 1 atom stereocenters. The molecule has 1 saturated heterocycles. The number of hydrogen-bond acceptors (Lipinski definition) is 4. The predicted molar refractivity (Wildman–Crippen MR) is 64.1 cm³/mol. The maximum atomic E-state index is 5.93. The lowest BCUT2D eigenvalue weighted by atomic mass is 10.2. The normalized spacial score (nSPS) is 20.5. The van der Waals surface area contributed by atoms with Crippen LogP contribution < -0.4 is 4.90 Å². The molecule has 1 aliphatic heterocycles. The highest BCUT2D eigenvalue weighted by atomic mass is 35.5. The van der Waals surface area contributed by atoms with Gasteiger partial charge in [0, 0.05) is 20.2 Å². The number of halogens is 1. The average Bonchev–Trinajstić information content (AvgIpc) is 2.74. The van der Waals surface area contributed by atoms with Crippen molar-refractivity contribution >= 4 is 17.4 Å². The van der Waals surface area contributed by atoms with E-state index >= 15 is 0 Å². The third-order valence-corrected chi connectivity index (χ3v) is 3.58. The van der Waals surface area contributed by atoms with Crippen LogP contribution in [0.1, 0.15) is 17.5 Å². The highest BCUT2D eigenvalue weighted by Crippen LogP contribution is 2.26. The second kappa shape index (κ2) is 4.55. The molecule has 0 N–H and O–H groups in total. The maximum absolute atomic E-state index is 5.93. The molecule has 1 unspecified atom stereocenters. The molecule has 0 aliphatic carbocycles. The van der Waals surface area contributed by atoms with Crippen LogP contribution in [0.4, 0.5) is 5.82 Å². The van der Waals surface area contributed by atoms with Gasteiger partial charge in [0.1, 0.15) is 0 Å². The molecule has 4 nitrogen and oxygen atoms in total. The highest BCUT2D eigenvalue weighted by Gasteiger charge is 2.25. The van der Waals surface area contributed by atoms with E-state index in [-0.39, 0.29) is 0 Å². The van der Waals surface area contributed by atoms with E-state index in [9.17, 15) is 0 Å². The molecule has 1 fully saturated rings. The van der Waals surface area contributed by atoms with Gasteiger partial charge in [-0.05, 0) is 31.4 Å². The number of nitrogens with zero attached hydrogens (tertiary/aromatic N) is 3. The van der Waals surface area contributed by atoms with Crippen LogP contribution in [0.5, 0.6) is 0 Å². The number of hydrogen-bond donors (Lipinski definition) is 0. The van der Waals surface area contributed by atoms with Crippen molar-refractivity contribution in [1.82, 2.24) is 10.2 Å². The van der Waals surface area contributed by atoms with Gasteiger partial charge in [0.2, 0.25) is 0 Å². The maximum Gasteiger partial charge on any atom is 0.155 e. The average molecular weight is 242 g/mol. The molecule has 0 radical (unpaired) electrons. The first-order valence-electron chi connectivity index (χ1n) is 5.40. The Labute approximate surface area is 101 Å². The summed E-state index contributed by atoms with van der Waals surface area (Å²) in [6.45, 7) is 5.85. The Morgan fingerprint density at radius 3 is 2.69 bits per heavy atom. The van der Waals surface area contributed by atoms with Crippen LogP contribution in [-0.2, 0) is 4.74 Å². The fourth-order valence-electron chi connectivity index (χ4n) is 1.98. The quantitative estimate of drug-likeness (QED) is 0.794. The molecule has 88 valence electrons. The van der Waals surface area contributed by atoms with Crippen molar-refractivity contribution in [3.05, 3.63) is 16.3 Å². The zero-order chi connectivity index (χ0) is 11.7. The number of ether oxygens (including phenoxy) is 1. The number of methoxy groups -OCH3 is 1. The van der Waals surface area contributed by atoms with E-state index in [4.69, 9.17) is 16.3 Å². The molecule has 5 heteroatoms. The van der Waals surface area contributed by atoms with E-state index in [0.29, 0.717) is 11.3 Å². The Bertz CT molecular complexity index is 397. The van der Waals surface area contributed by atoms with Crippen LogP contribution in [0.15, 0.2) is 0 Å². The number of rotatable bonds is 2. The van der Waals surface area contributed by atoms with Crippen LogP contribution in [0.2, 0.25) is 5.15 Å². The van der Waals surface area contributed by atoms with Crippen LogP contribution in [0.3, 0.4) is 0 Å². The topological polar surface area (TPSA) is 38.2 Å². The van der Waals surface area contributed by atoms with Gasteiger partial charge in [-0.2, -0.15) is 0 Å². The van der Waals surface area contributed by atoms with Gasteiger partial charge in [0.05, 0.1) is 6.10 Å². The summed E-state index contributed by atoms with van der Waals surface area (Å²) in [5.74, 6) is 0.932. The van der Waals surface area contributed by atoms with Gasteiger partial charge in [-0.15, -0.1) is 10.2 Å². The highest BCUT2D eigenvalue weighted by molar-refractivity contribution is 6.30. The summed E-state index contributed by atoms with van der Waals surface area (Å²) in [6, 6.07) is 0. The molecule has 2 rings (SSSR count). The van der Waals surface area contributed by atoms with Gasteiger partial charge < -0.3 is 9.64 Å². The van der Waals surface area contributed by atoms with E-state index in [1.165, 1.54) is 0 Å². The standard InChI is InChI=1S/C11H16ClN3O/c1-7-8(2)11(14-13-10(7)12)15-5-4-9(6-15)16-3/h9H,4-6H2,1-3H3. The summed E-state index contributed by atoms with van der Waals surface area (Å²) < 4.78 is 5.34. The summed E-state index contributed by atoms with van der Waals surface area (Å²) in [6.07, 6.45) is 1.34. The van der Waals surface area contributed by atoms with Crippen LogP contribution >= 0.6 is 11.6 Å². The smallest absolute Gasteiger partial charge is 0.155 e. The van der Waals surface area contributed by atoms with Gasteiger partial charge in [0.25, 0.3) is 0 Å². The molecule has 1 aromatic heterocycles. The molecule has 0 spiro atoms. The SMILES string of the molecule is COC1CCN(c2nnc(Cl)c(C)c2C)C1. The fourth-order valence-corrected chi connectivity index (χ4v) is 2.16. The Morgan fingerprint density at radius 2 is 2.06 bits per heavy atom. The zero-order valence-corrected chi connectivity index (χ0v) is 10.6. The van der Waals surface area contributed by atoms with Gasteiger partial charge in [-0.1, -0.05) is 11.6 Å². The Kier molecular flexibility index (Phi) is 3.30. The number of anilines is 1. The van der Waals surface area contributed by atoms with Crippen LogP contribution in [-0.4, -0.2) is 36.5 Å². The summed E-state index contributed by atoms with van der Waals surface area (Å²) in [5.41, 5.74) is 2.12. The van der Waals surface area contributed by atoms with Crippen molar-refractivity contribution in [3.8, 4) is 0 Å². The second-order valence-electron chi connectivity index (χ2n) is 4.16. The molecular formula is C11H16ClN3O. The van der Waals surface area contributed by atoms with Crippen molar-refractivity contribution in [3.63, 3.8) is 0 Å². The molecule has 0 bridgehead atoms. The second-order valence-corrected chi connectivity index (χ2v) is 4.51. The first kappa shape index (κ1) is 11.6. The largest absolute Gasteiger partial charge is 0.380 e. The Morgan fingerprint density at radius 1 is 1.31 bits per heavy atom. The number of aromatic nitrogens is 2. The monoisotopic (exact) mass is 241 g/mol. The van der Waals surface area contributed by atoms with Gasteiger partial charge in [-0.25, -0.2) is 0 Å². The third-order valence-electron chi connectivity index (χ3n) is 3.22. The van der Waals surface area contributed by atoms with Crippen molar-refractivity contribution < 1.29 is 4.74 Å². The van der Waals surface area contributed by atoms with E-state index in [1.54, 1.807) is 7.11 Å². The lowest BCUT2D eigenvalue weighted by Gasteiger charge is -2.19. The minimum absolute atomic E-state index is 0.303. The summed E-state index contributed by atoms with van der Waals surface area (Å²) in [7, 11) is 1.75. The summed E-state index contributed by atoms with van der Waals surface area (Å²) in [5, 5.41) is 8.64. The molecule has 2 heterocycles. The summed E-state index contributed by atoms with van der Waals surface area (Å²) in [4.78, 5) is 2.21. The van der Waals surface area contributed by atoms with Crippen molar-refractivity contribution in [1.29, 1.82) is 0 Å². The van der Waals surface area contributed by atoms with Crippen molar-refractivity contribution in [2.45, 2.75) is 26.4 Å². The van der Waals surface area contributed by atoms with E-state index in [1.807, 2.05) is 13.8 Å². The molecule has 0 aromatic carbocycles. The van der Waals surface area contributed by atoms with Gasteiger partial charge in [-0.3, -0.25) is 0 Å². The zero-order valence-electron chi connectivity index (χ0n) is 9.83. The first-order chi connectivity index (χ1) is 7.63. The third kappa shape index (κ3) is 1.99. The van der Waals surface area contributed by atoms with E-state index < -0.39 is 0 Å². The molecule has 16 heavy (non-hydrogen) atoms. The Hall–Kier alpha value is -0.870. The first-order valence-corrected chi connectivity index (χ1v) is 5.78. The fraction of sp³-hybridized carbons (Fsp3) is 0.636. The van der Waals surface area contributed by atoms with Crippen LogP contribution in [0.25, 0.3) is 0 Å². The minimum atomic E-state index is 0.303. The van der Waals surface area contributed by atoms with Gasteiger partial charge >= 0.3 is 0 Å². The van der Waals surface area contributed by atoms with E-state index in [2.05, 4.69) is 15.1 Å². The molecule has 1 aromatic rings. The van der Waals surface area contributed by atoms with Crippen LogP contribution in [0, 0.1) is 13.8 Å². The van der Waals surface area contributed by atoms with Gasteiger partial charge in [0.15, 0.2) is 11.0 Å². The van der Waals surface area contributed by atoms with Crippen molar-refractivity contribution in [2.24, 2.45) is 0 Å². The minimum Gasteiger partial charge on any atom is -0.380 e.